The number of benzene rings is 1. The Morgan fingerprint density at radius 2 is 1.50 bits per heavy atom. The molecule has 0 unspecified atom stereocenters. The van der Waals surface area contributed by atoms with Crippen molar-refractivity contribution in [3.05, 3.63) is 40.3 Å². The molecule has 0 aromatic heterocycles. The van der Waals surface area contributed by atoms with Gasteiger partial charge in [-0.3, -0.25) is 14.0 Å². The zero-order chi connectivity index (χ0) is 26.1. The van der Waals surface area contributed by atoms with E-state index in [0.717, 1.165) is 44.2 Å². The average Bonchev–Trinajstić information content (AvgIpc) is 3.44. The highest BCUT2D eigenvalue weighted by atomic mass is 32.2. The minimum Gasteiger partial charge on any atom is -0.295 e. The van der Waals surface area contributed by atoms with Crippen LogP contribution in [0.5, 0.6) is 0 Å². The zero-order valence-corrected chi connectivity index (χ0v) is 23.4. The SMILES string of the molecule is CC1(C)C[C@H](N=[N+]=[N-])C[C@@H]2CCCN21.Cc1ccc(S(=O)(=O)O[C@H]2C[C@@H]3CCCN3C(C)(C)C2)cc1. The molecule has 9 heteroatoms. The third kappa shape index (κ3) is 6.08. The van der Waals surface area contributed by atoms with Gasteiger partial charge in [0.05, 0.1) is 11.0 Å². The Hall–Kier alpha value is -1.64. The first-order valence-corrected chi connectivity index (χ1v) is 14.9. The van der Waals surface area contributed by atoms with Crippen molar-refractivity contribution in [2.75, 3.05) is 13.1 Å². The molecule has 0 radical (unpaired) electrons. The van der Waals surface area contributed by atoms with Crippen molar-refractivity contribution in [2.45, 2.75) is 126 Å². The second-order valence-electron chi connectivity index (χ2n) is 12.3. The maximum absolute atomic E-state index is 12.5. The highest BCUT2D eigenvalue weighted by Crippen LogP contribution is 2.40. The van der Waals surface area contributed by atoms with Crippen LogP contribution in [-0.2, 0) is 14.3 Å². The van der Waals surface area contributed by atoms with Crippen LogP contribution >= 0.6 is 0 Å². The molecule has 0 amide bonds. The van der Waals surface area contributed by atoms with Gasteiger partial charge in [-0.15, -0.1) is 0 Å². The van der Waals surface area contributed by atoms with Crippen LogP contribution in [-0.4, -0.2) is 66.6 Å². The highest BCUT2D eigenvalue weighted by Gasteiger charge is 2.45. The van der Waals surface area contributed by atoms with E-state index in [2.05, 4.69) is 47.5 Å². The quantitative estimate of drug-likeness (QED) is 0.217. The molecule has 36 heavy (non-hydrogen) atoms. The molecule has 0 saturated carbocycles. The van der Waals surface area contributed by atoms with E-state index >= 15 is 0 Å². The van der Waals surface area contributed by atoms with Crippen molar-refractivity contribution in [1.82, 2.24) is 9.80 Å². The molecule has 0 aliphatic carbocycles. The van der Waals surface area contributed by atoms with Gasteiger partial charge in [-0.25, -0.2) is 0 Å². The summed E-state index contributed by atoms with van der Waals surface area (Å²) < 4.78 is 30.6. The third-order valence-electron chi connectivity index (χ3n) is 8.64. The van der Waals surface area contributed by atoms with Gasteiger partial charge in [0, 0.05) is 34.1 Å². The number of aryl methyl sites for hydroxylation is 1. The van der Waals surface area contributed by atoms with Crippen LogP contribution in [0.1, 0.15) is 84.6 Å². The molecule has 4 fully saturated rings. The largest absolute Gasteiger partial charge is 0.297 e. The Labute approximate surface area is 217 Å². The van der Waals surface area contributed by atoms with Gasteiger partial charge in [0.2, 0.25) is 0 Å². The maximum atomic E-state index is 12.5. The molecule has 5 rings (SSSR count). The van der Waals surface area contributed by atoms with Crippen molar-refractivity contribution in [3.8, 4) is 0 Å². The number of piperidine rings is 2. The molecule has 1 aromatic rings. The predicted molar refractivity (Wildman–Crippen MR) is 142 cm³/mol. The average molecular weight is 518 g/mol. The van der Waals surface area contributed by atoms with E-state index in [1.54, 1.807) is 24.3 Å². The van der Waals surface area contributed by atoms with Crippen LogP contribution in [0.25, 0.3) is 10.4 Å². The van der Waals surface area contributed by atoms with Crippen LogP contribution in [0.2, 0.25) is 0 Å². The predicted octanol–water partition coefficient (Wildman–Crippen LogP) is 5.81. The molecule has 4 aliphatic heterocycles. The summed E-state index contributed by atoms with van der Waals surface area (Å²) in [5, 5.41) is 3.89. The standard InChI is InChI=1S/C17H25NO3S.C10H18N4/c1-13-6-8-16(9-7-13)22(19,20)21-15-11-14-5-4-10-18(14)17(2,3)12-15;1-10(2)7-8(12-13-11)6-9-4-3-5-14(9)10/h6-9,14-15H,4-5,10-12H2,1-3H3;8-9H,3-7H2,1-2H3/t14-,15-;8-,9+/m01/s1. The van der Waals surface area contributed by atoms with Gasteiger partial charge in [-0.2, -0.15) is 8.42 Å². The monoisotopic (exact) mass is 517 g/mol. The topological polar surface area (TPSA) is 98.6 Å². The van der Waals surface area contributed by atoms with Crippen molar-refractivity contribution >= 4 is 10.1 Å². The Balaban J connectivity index is 0.000000187. The van der Waals surface area contributed by atoms with E-state index < -0.39 is 10.1 Å². The number of hydrogen-bond donors (Lipinski definition) is 0. The molecular weight excluding hydrogens is 474 g/mol. The minimum absolute atomic E-state index is 0.00682. The van der Waals surface area contributed by atoms with Gasteiger partial charge in [0.15, 0.2) is 0 Å². The summed E-state index contributed by atoms with van der Waals surface area (Å²) in [7, 11) is -3.67. The molecule has 200 valence electrons. The smallest absolute Gasteiger partial charge is 0.295 e. The molecule has 0 spiro atoms. The molecule has 8 nitrogen and oxygen atoms in total. The highest BCUT2D eigenvalue weighted by molar-refractivity contribution is 7.86. The summed E-state index contributed by atoms with van der Waals surface area (Å²) in [5.41, 5.74) is 9.74. The summed E-state index contributed by atoms with van der Waals surface area (Å²) in [6, 6.07) is 8.20. The fourth-order valence-corrected chi connectivity index (χ4v) is 8.17. The molecule has 0 N–H and O–H groups in total. The first-order valence-electron chi connectivity index (χ1n) is 13.5. The van der Waals surface area contributed by atoms with Crippen LogP contribution in [0.3, 0.4) is 0 Å². The number of hydrogen-bond acceptors (Lipinski definition) is 6. The van der Waals surface area contributed by atoms with Crippen LogP contribution in [0.4, 0.5) is 0 Å². The van der Waals surface area contributed by atoms with Gasteiger partial charge in [0.25, 0.3) is 10.1 Å². The van der Waals surface area contributed by atoms with Crippen LogP contribution in [0.15, 0.2) is 34.3 Å². The summed E-state index contributed by atoms with van der Waals surface area (Å²) in [6.45, 7) is 13.2. The van der Waals surface area contributed by atoms with E-state index in [1.807, 2.05) is 6.92 Å². The Kier molecular flexibility index (Phi) is 8.08. The normalized spacial score (nSPS) is 31.5. The zero-order valence-electron chi connectivity index (χ0n) is 22.6. The first kappa shape index (κ1) is 27.4. The molecule has 4 heterocycles. The lowest BCUT2D eigenvalue weighted by molar-refractivity contribution is -0.00744. The lowest BCUT2D eigenvalue weighted by Gasteiger charge is -2.47. The van der Waals surface area contributed by atoms with E-state index in [1.165, 1.54) is 25.8 Å². The summed E-state index contributed by atoms with van der Waals surface area (Å²) >= 11 is 0. The second kappa shape index (κ2) is 10.6. The van der Waals surface area contributed by atoms with Crippen molar-refractivity contribution in [2.24, 2.45) is 5.11 Å². The second-order valence-corrected chi connectivity index (χ2v) is 13.9. The first-order chi connectivity index (χ1) is 16.9. The molecule has 4 aliphatic rings. The van der Waals surface area contributed by atoms with Gasteiger partial charge >= 0.3 is 0 Å². The van der Waals surface area contributed by atoms with Gasteiger partial charge in [-0.1, -0.05) is 22.8 Å². The van der Waals surface area contributed by atoms with E-state index in [9.17, 15) is 8.42 Å². The Morgan fingerprint density at radius 1 is 0.944 bits per heavy atom. The number of azide groups is 1. The van der Waals surface area contributed by atoms with Gasteiger partial charge in [-0.05, 0) is 117 Å². The summed E-state index contributed by atoms with van der Waals surface area (Å²) in [6.07, 6.45) is 8.35. The minimum atomic E-state index is -3.67. The Morgan fingerprint density at radius 3 is 2.08 bits per heavy atom. The van der Waals surface area contributed by atoms with Gasteiger partial charge in [0.1, 0.15) is 0 Å². The number of fused-ring (bicyclic) bond motifs is 2. The summed E-state index contributed by atoms with van der Waals surface area (Å²) in [5.74, 6) is 0. The fourth-order valence-electron chi connectivity index (χ4n) is 7.08. The van der Waals surface area contributed by atoms with Gasteiger partial charge < -0.3 is 0 Å². The third-order valence-corrected chi connectivity index (χ3v) is 10.0. The van der Waals surface area contributed by atoms with Crippen molar-refractivity contribution in [1.29, 1.82) is 0 Å². The fraction of sp³-hybridized carbons (Fsp3) is 0.778. The molecular formula is C27H43N5O3S. The lowest BCUT2D eigenvalue weighted by atomic mass is 9.84. The van der Waals surface area contributed by atoms with Crippen LogP contribution < -0.4 is 0 Å². The molecule has 0 bridgehead atoms. The molecule has 4 saturated heterocycles. The molecule has 4 atom stereocenters. The molecule has 1 aromatic carbocycles. The van der Waals surface area contributed by atoms with E-state index in [4.69, 9.17) is 9.71 Å². The lowest BCUT2D eigenvalue weighted by Crippen LogP contribution is -2.54. The van der Waals surface area contributed by atoms with Crippen molar-refractivity contribution in [3.63, 3.8) is 0 Å². The Bertz CT molecular complexity index is 1070. The van der Waals surface area contributed by atoms with E-state index in [-0.39, 0.29) is 28.1 Å². The van der Waals surface area contributed by atoms with Crippen LogP contribution in [0, 0.1) is 6.92 Å². The maximum Gasteiger partial charge on any atom is 0.297 e. The summed E-state index contributed by atoms with van der Waals surface area (Å²) in [4.78, 5) is 8.31. The number of rotatable bonds is 4. The van der Waals surface area contributed by atoms with Crippen molar-refractivity contribution < 1.29 is 12.6 Å². The number of nitrogens with zero attached hydrogens (tertiary/aromatic N) is 5. The van der Waals surface area contributed by atoms with E-state index in [0.29, 0.717) is 12.1 Å².